The second kappa shape index (κ2) is 6.93. The van der Waals surface area contributed by atoms with Gasteiger partial charge in [0, 0.05) is 36.5 Å². The number of amides is 2. The summed E-state index contributed by atoms with van der Waals surface area (Å²) in [6.07, 6.45) is 3.57. The monoisotopic (exact) mass is 342 g/mol. The van der Waals surface area contributed by atoms with E-state index in [1.165, 1.54) is 0 Å². The summed E-state index contributed by atoms with van der Waals surface area (Å²) in [5, 5.41) is 3.57. The summed E-state index contributed by atoms with van der Waals surface area (Å²) in [6.45, 7) is 7.65. The van der Waals surface area contributed by atoms with Crippen molar-refractivity contribution < 1.29 is 4.79 Å². The molecule has 0 bridgehead atoms. The minimum absolute atomic E-state index is 0.187. The molecule has 3 rings (SSSR count). The standard InChI is InChI=1S/C18H19ClN4O/c1-3-10-22-11-12-23(16-8-5-9-20-17(16)22)18(24)21-15-7-4-6-14(19)13(15)2/h3-9H,1,10-12H2,2H3,(H,21,24). The van der Waals surface area contributed by atoms with Gasteiger partial charge in [-0.25, -0.2) is 9.78 Å². The Kier molecular flexibility index (Phi) is 4.71. The molecule has 0 atom stereocenters. The number of carbonyl (C=O) groups excluding carboxylic acids is 1. The fraction of sp³-hybridized carbons (Fsp3) is 0.222. The van der Waals surface area contributed by atoms with Gasteiger partial charge in [0.25, 0.3) is 0 Å². The summed E-state index contributed by atoms with van der Waals surface area (Å²) in [5.74, 6) is 0.793. The number of nitrogens with zero attached hydrogens (tertiary/aromatic N) is 3. The fourth-order valence-corrected chi connectivity index (χ4v) is 2.93. The number of carbonyl (C=O) groups is 1. The highest BCUT2D eigenvalue weighted by Gasteiger charge is 2.27. The van der Waals surface area contributed by atoms with Gasteiger partial charge in [0.2, 0.25) is 0 Å². The van der Waals surface area contributed by atoms with Gasteiger partial charge in [-0.2, -0.15) is 0 Å². The number of nitrogens with one attached hydrogen (secondary N) is 1. The summed E-state index contributed by atoms with van der Waals surface area (Å²) in [6, 6.07) is 9.02. The molecule has 0 saturated heterocycles. The lowest BCUT2D eigenvalue weighted by atomic mass is 10.2. The highest BCUT2D eigenvalue weighted by molar-refractivity contribution is 6.31. The van der Waals surface area contributed by atoms with Crippen molar-refractivity contribution >= 4 is 34.8 Å². The lowest BCUT2D eigenvalue weighted by Gasteiger charge is -2.36. The van der Waals surface area contributed by atoms with Crippen molar-refractivity contribution in [3.05, 3.63) is 59.8 Å². The maximum atomic E-state index is 12.8. The molecule has 6 heteroatoms. The predicted molar refractivity (Wildman–Crippen MR) is 99.2 cm³/mol. The van der Waals surface area contributed by atoms with E-state index in [0.29, 0.717) is 30.3 Å². The second-order valence-corrected chi connectivity index (χ2v) is 5.98. The van der Waals surface area contributed by atoms with Crippen molar-refractivity contribution in [2.75, 3.05) is 34.8 Å². The van der Waals surface area contributed by atoms with Gasteiger partial charge < -0.3 is 10.2 Å². The molecule has 0 spiro atoms. The first kappa shape index (κ1) is 16.3. The van der Waals surface area contributed by atoms with E-state index in [9.17, 15) is 4.79 Å². The molecule has 24 heavy (non-hydrogen) atoms. The Morgan fingerprint density at radius 1 is 1.38 bits per heavy atom. The largest absolute Gasteiger partial charge is 0.349 e. The van der Waals surface area contributed by atoms with Crippen LogP contribution >= 0.6 is 11.6 Å². The first-order valence-electron chi connectivity index (χ1n) is 7.76. The third kappa shape index (κ3) is 3.08. The summed E-state index contributed by atoms with van der Waals surface area (Å²) in [4.78, 5) is 21.0. The normalized spacial score (nSPS) is 13.4. The Morgan fingerprint density at radius 2 is 2.21 bits per heavy atom. The molecule has 1 aliphatic rings. The third-order valence-electron chi connectivity index (χ3n) is 4.05. The number of rotatable bonds is 3. The molecule has 2 amide bonds. The topological polar surface area (TPSA) is 48.5 Å². The van der Waals surface area contributed by atoms with Gasteiger partial charge in [0.05, 0.1) is 5.69 Å². The van der Waals surface area contributed by atoms with Gasteiger partial charge in [0.15, 0.2) is 5.82 Å². The third-order valence-corrected chi connectivity index (χ3v) is 4.46. The molecule has 0 aliphatic carbocycles. The van der Waals surface area contributed by atoms with Crippen molar-refractivity contribution in [1.82, 2.24) is 4.98 Å². The van der Waals surface area contributed by atoms with Crippen LogP contribution in [0.3, 0.4) is 0 Å². The molecule has 5 nitrogen and oxygen atoms in total. The van der Waals surface area contributed by atoms with E-state index < -0.39 is 0 Å². The van der Waals surface area contributed by atoms with Gasteiger partial charge in [0.1, 0.15) is 0 Å². The zero-order chi connectivity index (χ0) is 17.1. The Morgan fingerprint density at radius 3 is 3.00 bits per heavy atom. The zero-order valence-electron chi connectivity index (χ0n) is 13.5. The number of pyridine rings is 1. The van der Waals surface area contributed by atoms with Crippen molar-refractivity contribution in [2.24, 2.45) is 0 Å². The number of hydrogen-bond donors (Lipinski definition) is 1. The number of anilines is 3. The van der Waals surface area contributed by atoms with E-state index in [2.05, 4.69) is 21.8 Å². The van der Waals surface area contributed by atoms with Gasteiger partial charge in [-0.1, -0.05) is 23.7 Å². The van der Waals surface area contributed by atoms with E-state index in [4.69, 9.17) is 11.6 Å². The number of urea groups is 1. The van der Waals surface area contributed by atoms with E-state index in [-0.39, 0.29) is 6.03 Å². The Hall–Kier alpha value is -2.53. The Bertz CT molecular complexity index is 777. The van der Waals surface area contributed by atoms with Gasteiger partial charge in [-0.15, -0.1) is 6.58 Å². The highest BCUT2D eigenvalue weighted by Crippen LogP contribution is 2.31. The minimum atomic E-state index is -0.187. The minimum Gasteiger partial charge on any atom is -0.349 e. The number of hydrogen-bond acceptors (Lipinski definition) is 3. The first-order valence-corrected chi connectivity index (χ1v) is 8.14. The van der Waals surface area contributed by atoms with Crippen LogP contribution in [-0.2, 0) is 0 Å². The van der Waals surface area contributed by atoms with Crippen LogP contribution in [0.15, 0.2) is 49.2 Å². The van der Waals surface area contributed by atoms with E-state index in [1.54, 1.807) is 17.2 Å². The maximum Gasteiger partial charge on any atom is 0.326 e. The zero-order valence-corrected chi connectivity index (χ0v) is 14.3. The lowest BCUT2D eigenvalue weighted by molar-refractivity contribution is 0.256. The summed E-state index contributed by atoms with van der Waals surface area (Å²) in [7, 11) is 0. The second-order valence-electron chi connectivity index (χ2n) is 5.58. The number of halogens is 1. The van der Waals surface area contributed by atoms with E-state index in [1.807, 2.05) is 37.3 Å². The van der Waals surface area contributed by atoms with Crippen molar-refractivity contribution in [3.63, 3.8) is 0 Å². The Labute approximate surface area is 146 Å². The van der Waals surface area contributed by atoms with Crippen LogP contribution in [0.2, 0.25) is 5.02 Å². The van der Waals surface area contributed by atoms with Crippen molar-refractivity contribution in [1.29, 1.82) is 0 Å². The molecule has 124 valence electrons. The van der Waals surface area contributed by atoms with Gasteiger partial charge >= 0.3 is 6.03 Å². The molecule has 0 fully saturated rings. The quantitative estimate of drug-likeness (QED) is 0.855. The van der Waals surface area contributed by atoms with Crippen LogP contribution in [0.25, 0.3) is 0 Å². The number of fused-ring (bicyclic) bond motifs is 1. The van der Waals surface area contributed by atoms with Crippen LogP contribution in [0, 0.1) is 6.92 Å². The van der Waals surface area contributed by atoms with Crippen LogP contribution < -0.4 is 15.1 Å². The molecule has 1 N–H and O–H groups in total. The van der Waals surface area contributed by atoms with Crippen LogP contribution in [0.4, 0.5) is 22.0 Å². The van der Waals surface area contributed by atoms with Crippen LogP contribution in [0.5, 0.6) is 0 Å². The molecule has 1 aromatic heterocycles. The van der Waals surface area contributed by atoms with Gasteiger partial charge in [-0.05, 0) is 36.8 Å². The van der Waals surface area contributed by atoms with Crippen molar-refractivity contribution in [2.45, 2.75) is 6.92 Å². The van der Waals surface area contributed by atoms with Crippen LogP contribution in [0.1, 0.15) is 5.56 Å². The fourth-order valence-electron chi connectivity index (χ4n) is 2.76. The molecule has 1 aliphatic heterocycles. The SMILES string of the molecule is C=CCN1CCN(C(=O)Nc2cccc(Cl)c2C)c2cccnc21. The first-order chi connectivity index (χ1) is 11.6. The summed E-state index contributed by atoms with van der Waals surface area (Å²) in [5.41, 5.74) is 2.36. The predicted octanol–water partition coefficient (Wildman–Crippen LogP) is 4.09. The lowest BCUT2D eigenvalue weighted by Crippen LogP contribution is -2.46. The molecule has 0 saturated carbocycles. The number of aromatic nitrogens is 1. The number of benzene rings is 1. The summed E-state index contributed by atoms with van der Waals surface area (Å²) >= 11 is 6.13. The molecule has 2 heterocycles. The average Bonchev–Trinajstić information content (AvgIpc) is 2.59. The van der Waals surface area contributed by atoms with Gasteiger partial charge in [-0.3, -0.25) is 4.90 Å². The highest BCUT2D eigenvalue weighted by atomic mass is 35.5. The molecule has 0 unspecified atom stereocenters. The molecule has 2 aromatic rings. The Balaban J connectivity index is 1.86. The van der Waals surface area contributed by atoms with E-state index >= 15 is 0 Å². The molecular formula is C18H19ClN4O. The molecule has 1 aromatic carbocycles. The maximum absolute atomic E-state index is 12.8. The summed E-state index contributed by atoms with van der Waals surface area (Å²) < 4.78 is 0. The van der Waals surface area contributed by atoms with E-state index in [0.717, 1.165) is 17.1 Å². The molecule has 0 radical (unpaired) electrons. The van der Waals surface area contributed by atoms with Crippen LogP contribution in [-0.4, -0.2) is 30.6 Å². The average molecular weight is 343 g/mol. The van der Waals surface area contributed by atoms with Crippen molar-refractivity contribution in [3.8, 4) is 0 Å². The smallest absolute Gasteiger partial charge is 0.326 e. The molecular weight excluding hydrogens is 324 g/mol.